The van der Waals surface area contributed by atoms with Gasteiger partial charge in [-0.3, -0.25) is 15.5 Å². The van der Waals surface area contributed by atoms with E-state index in [1.807, 2.05) is 0 Å². The number of anilines is 1. The SMILES string of the molecule is NNc1ncc([N+](=O)[O-])c(-n2cccn2)n1. The van der Waals surface area contributed by atoms with Crippen LogP contribution in [0.5, 0.6) is 0 Å². The minimum Gasteiger partial charge on any atom is -0.292 e. The Morgan fingerprint density at radius 2 is 2.38 bits per heavy atom. The van der Waals surface area contributed by atoms with Crippen LogP contribution in [-0.2, 0) is 0 Å². The Morgan fingerprint density at radius 1 is 1.56 bits per heavy atom. The Labute approximate surface area is 89.0 Å². The van der Waals surface area contributed by atoms with Gasteiger partial charge in [0.05, 0.1) is 4.92 Å². The molecular weight excluding hydrogens is 214 g/mol. The molecule has 2 aromatic rings. The predicted octanol–water partition coefficient (Wildman–Crippen LogP) is -0.144. The van der Waals surface area contributed by atoms with Crippen molar-refractivity contribution in [2.45, 2.75) is 0 Å². The van der Waals surface area contributed by atoms with Gasteiger partial charge < -0.3 is 0 Å². The third-order valence-corrected chi connectivity index (χ3v) is 1.80. The summed E-state index contributed by atoms with van der Waals surface area (Å²) >= 11 is 0. The molecule has 0 aliphatic heterocycles. The van der Waals surface area contributed by atoms with E-state index >= 15 is 0 Å². The Morgan fingerprint density at radius 3 is 2.94 bits per heavy atom. The monoisotopic (exact) mass is 221 g/mol. The summed E-state index contributed by atoms with van der Waals surface area (Å²) in [5.41, 5.74) is 1.96. The van der Waals surface area contributed by atoms with Crippen LogP contribution in [0, 0.1) is 10.1 Å². The highest BCUT2D eigenvalue weighted by atomic mass is 16.6. The Kier molecular flexibility index (Phi) is 2.44. The molecule has 0 saturated heterocycles. The maximum absolute atomic E-state index is 10.7. The Bertz CT molecular complexity index is 509. The molecule has 2 aromatic heterocycles. The van der Waals surface area contributed by atoms with Crippen molar-refractivity contribution in [2.75, 3.05) is 5.43 Å². The van der Waals surface area contributed by atoms with E-state index in [0.717, 1.165) is 6.20 Å². The second-order valence-electron chi connectivity index (χ2n) is 2.75. The van der Waals surface area contributed by atoms with Crippen molar-refractivity contribution in [1.29, 1.82) is 0 Å². The van der Waals surface area contributed by atoms with E-state index in [2.05, 4.69) is 20.5 Å². The summed E-state index contributed by atoms with van der Waals surface area (Å²) in [5, 5.41) is 14.6. The van der Waals surface area contributed by atoms with Crippen molar-refractivity contribution in [1.82, 2.24) is 19.7 Å². The number of aromatic nitrogens is 4. The van der Waals surface area contributed by atoms with Crippen LogP contribution in [0.2, 0.25) is 0 Å². The number of nitrogens with zero attached hydrogens (tertiary/aromatic N) is 5. The normalized spacial score (nSPS) is 10.1. The minimum atomic E-state index is -0.586. The van der Waals surface area contributed by atoms with Crippen molar-refractivity contribution in [3.63, 3.8) is 0 Å². The summed E-state index contributed by atoms with van der Waals surface area (Å²) in [6, 6.07) is 1.63. The Balaban J connectivity index is 2.59. The molecule has 0 spiro atoms. The lowest BCUT2D eigenvalue weighted by Gasteiger charge is -2.03. The van der Waals surface area contributed by atoms with Gasteiger partial charge in [-0.05, 0) is 6.07 Å². The van der Waals surface area contributed by atoms with Gasteiger partial charge in [0.25, 0.3) is 0 Å². The highest BCUT2D eigenvalue weighted by Gasteiger charge is 2.18. The lowest BCUT2D eigenvalue weighted by molar-refractivity contribution is -0.385. The first-order valence-electron chi connectivity index (χ1n) is 4.20. The molecule has 0 unspecified atom stereocenters. The molecular formula is C7H7N7O2. The summed E-state index contributed by atoms with van der Waals surface area (Å²) in [6.07, 6.45) is 4.09. The van der Waals surface area contributed by atoms with Crippen molar-refractivity contribution in [3.8, 4) is 5.82 Å². The fourth-order valence-electron chi connectivity index (χ4n) is 1.13. The number of hydrogen-bond acceptors (Lipinski definition) is 7. The number of rotatable bonds is 3. The van der Waals surface area contributed by atoms with E-state index in [1.54, 1.807) is 6.07 Å². The minimum absolute atomic E-state index is 0.0537. The van der Waals surface area contributed by atoms with Gasteiger partial charge in [0.2, 0.25) is 11.8 Å². The fraction of sp³-hybridized carbons (Fsp3) is 0. The van der Waals surface area contributed by atoms with Crippen LogP contribution in [0.1, 0.15) is 0 Å². The molecule has 3 N–H and O–H groups in total. The number of nitro groups is 1. The van der Waals surface area contributed by atoms with Gasteiger partial charge >= 0.3 is 5.69 Å². The molecule has 82 valence electrons. The highest BCUT2D eigenvalue weighted by molar-refractivity contribution is 5.47. The first-order chi connectivity index (χ1) is 7.72. The Hall–Kier alpha value is -2.55. The molecule has 0 fully saturated rings. The summed E-state index contributed by atoms with van der Waals surface area (Å²) in [7, 11) is 0. The van der Waals surface area contributed by atoms with E-state index in [-0.39, 0.29) is 17.5 Å². The smallest absolute Gasteiger partial charge is 0.292 e. The van der Waals surface area contributed by atoms with Gasteiger partial charge in [0.15, 0.2) is 0 Å². The van der Waals surface area contributed by atoms with E-state index in [0.29, 0.717) is 0 Å². The van der Waals surface area contributed by atoms with Crippen LogP contribution in [0.3, 0.4) is 0 Å². The largest absolute Gasteiger partial charge is 0.332 e. The summed E-state index contributed by atoms with van der Waals surface area (Å²) in [5.74, 6) is 5.26. The first-order valence-corrected chi connectivity index (χ1v) is 4.20. The molecule has 0 amide bonds. The maximum atomic E-state index is 10.7. The molecule has 0 bridgehead atoms. The van der Waals surface area contributed by atoms with Gasteiger partial charge in [-0.2, -0.15) is 10.1 Å². The van der Waals surface area contributed by atoms with Crippen LogP contribution >= 0.6 is 0 Å². The quantitative estimate of drug-likeness (QED) is 0.419. The average Bonchev–Trinajstić information content (AvgIpc) is 2.81. The molecule has 16 heavy (non-hydrogen) atoms. The summed E-state index contributed by atoms with van der Waals surface area (Å²) in [6.45, 7) is 0. The average molecular weight is 221 g/mol. The van der Waals surface area contributed by atoms with Crippen molar-refractivity contribution in [3.05, 3.63) is 34.8 Å². The molecule has 2 heterocycles. The molecule has 0 aliphatic carbocycles. The molecule has 0 aromatic carbocycles. The van der Waals surface area contributed by atoms with Crippen LogP contribution in [0.4, 0.5) is 11.6 Å². The second kappa shape index (κ2) is 3.90. The summed E-state index contributed by atoms with van der Waals surface area (Å²) in [4.78, 5) is 17.7. The first kappa shape index (κ1) is 9.98. The number of nitrogens with two attached hydrogens (primary N) is 1. The molecule has 0 aliphatic rings. The lowest BCUT2D eigenvalue weighted by atomic mass is 10.5. The zero-order valence-corrected chi connectivity index (χ0v) is 7.94. The van der Waals surface area contributed by atoms with Gasteiger partial charge in [-0.15, -0.1) is 0 Å². The number of hydrogen-bond donors (Lipinski definition) is 2. The maximum Gasteiger partial charge on any atom is 0.332 e. The molecule has 0 atom stereocenters. The molecule has 9 nitrogen and oxygen atoms in total. The summed E-state index contributed by atoms with van der Waals surface area (Å²) < 4.78 is 1.26. The molecule has 2 rings (SSSR count). The second-order valence-corrected chi connectivity index (χ2v) is 2.75. The lowest BCUT2D eigenvalue weighted by Crippen LogP contribution is -2.13. The van der Waals surface area contributed by atoms with Crippen LogP contribution in [0.15, 0.2) is 24.7 Å². The topological polar surface area (TPSA) is 125 Å². The van der Waals surface area contributed by atoms with Crippen molar-refractivity contribution >= 4 is 11.6 Å². The van der Waals surface area contributed by atoms with Crippen molar-refractivity contribution < 1.29 is 4.92 Å². The van der Waals surface area contributed by atoms with Gasteiger partial charge in [0, 0.05) is 12.4 Å². The number of nitrogens with one attached hydrogen (secondary N) is 1. The zero-order chi connectivity index (χ0) is 11.5. The van der Waals surface area contributed by atoms with Gasteiger partial charge in [-0.1, -0.05) is 0 Å². The molecule has 0 radical (unpaired) electrons. The number of hydrazine groups is 1. The predicted molar refractivity (Wildman–Crippen MR) is 53.6 cm³/mol. The number of nitrogen functional groups attached to an aromatic ring is 1. The molecule has 9 heteroatoms. The van der Waals surface area contributed by atoms with Gasteiger partial charge in [0.1, 0.15) is 6.20 Å². The van der Waals surface area contributed by atoms with Gasteiger partial charge in [-0.25, -0.2) is 15.5 Å². The molecule has 0 saturated carbocycles. The highest BCUT2D eigenvalue weighted by Crippen LogP contribution is 2.19. The third kappa shape index (κ3) is 1.66. The van der Waals surface area contributed by atoms with E-state index in [4.69, 9.17) is 5.84 Å². The fourth-order valence-corrected chi connectivity index (χ4v) is 1.13. The van der Waals surface area contributed by atoms with E-state index < -0.39 is 4.92 Å². The van der Waals surface area contributed by atoms with E-state index in [9.17, 15) is 10.1 Å². The van der Waals surface area contributed by atoms with Crippen LogP contribution < -0.4 is 11.3 Å². The van der Waals surface area contributed by atoms with Crippen molar-refractivity contribution in [2.24, 2.45) is 5.84 Å². The zero-order valence-electron chi connectivity index (χ0n) is 7.94. The van der Waals surface area contributed by atoms with Crippen LogP contribution in [0.25, 0.3) is 5.82 Å². The standard InChI is InChI=1S/C7H7N7O2/c8-12-7-9-4-5(14(15)16)6(11-7)13-3-1-2-10-13/h1-4H,8H2,(H,9,11,12). The van der Waals surface area contributed by atoms with Crippen LogP contribution in [-0.4, -0.2) is 24.7 Å². The third-order valence-electron chi connectivity index (χ3n) is 1.80. The van der Waals surface area contributed by atoms with E-state index in [1.165, 1.54) is 17.1 Å².